The zero-order chi connectivity index (χ0) is 17.3. The number of carbonyl (C=O) groups is 3. The summed E-state index contributed by atoms with van der Waals surface area (Å²) in [5.41, 5.74) is 1.28. The minimum Gasteiger partial charge on any atom is -0.481 e. The average Bonchev–Trinajstić information content (AvgIpc) is 2.59. The van der Waals surface area contributed by atoms with E-state index in [1.807, 2.05) is 0 Å². The SMILES string of the molecule is COc1ccc2c(n1)C(=O)C=C(Nc1ccccc1C(C)=O)C2=O. The molecule has 120 valence electrons. The Bertz CT molecular complexity index is 900. The monoisotopic (exact) mass is 322 g/mol. The Morgan fingerprint density at radius 1 is 1.12 bits per heavy atom. The average molecular weight is 322 g/mol. The van der Waals surface area contributed by atoms with Crippen molar-refractivity contribution in [2.75, 3.05) is 12.4 Å². The molecule has 0 unspecified atom stereocenters. The Hall–Kier alpha value is -3.28. The van der Waals surface area contributed by atoms with Crippen LogP contribution in [-0.2, 0) is 0 Å². The quantitative estimate of drug-likeness (QED) is 0.871. The van der Waals surface area contributed by atoms with E-state index in [0.717, 1.165) is 0 Å². The highest BCUT2D eigenvalue weighted by Crippen LogP contribution is 2.25. The molecule has 3 rings (SSSR count). The summed E-state index contributed by atoms with van der Waals surface area (Å²) in [6.07, 6.45) is 1.19. The van der Waals surface area contributed by atoms with Crippen LogP contribution in [0.5, 0.6) is 5.88 Å². The highest BCUT2D eigenvalue weighted by molar-refractivity contribution is 6.25. The van der Waals surface area contributed by atoms with Crippen molar-refractivity contribution in [3.63, 3.8) is 0 Å². The van der Waals surface area contributed by atoms with Crippen molar-refractivity contribution in [1.29, 1.82) is 0 Å². The van der Waals surface area contributed by atoms with E-state index in [1.165, 1.54) is 32.2 Å². The minimum absolute atomic E-state index is 0.0600. The van der Waals surface area contributed by atoms with E-state index in [0.29, 0.717) is 11.3 Å². The fourth-order valence-electron chi connectivity index (χ4n) is 2.47. The number of ether oxygens (including phenoxy) is 1. The number of Topliss-reactive ketones (excluding diaryl/α,β-unsaturated/α-hetero) is 2. The maximum atomic E-state index is 12.6. The Morgan fingerprint density at radius 3 is 2.58 bits per heavy atom. The number of para-hydroxylation sites is 1. The Labute approximate surface area is 138 Å². The molecule has 1 aromatic carbocycles. The van der Waals surface area contributed by atoms with Crippen molar-refractivity contribution in [2.45, 2.75) is 6.92 Å². The van der Waals surface area contributed by atoms with E-state index in [1.54, 1.807) is 24.3 Å². The summed E-state index contributed by atoms with van der Waals surface area (Å²) < 4.78 is 4.98. The first-order chi connectivity index (χ1) is 11.5. The number of anilines is 1. The molecular weight excluding hydrogens is 308 g/mol. The van der Waals surface area contributed by atoms with E-state index in [2.05, 4.69) is 10.3 Å². The number of nitrogens with zero attached hydrogens (tertiary/aromatic N) is 1. The van der Waals surface area contributed by atoms with E-state index in [4.69, 9.17) is 4.74 Å². The number of rotatable bonds is 4. The number of carbonyl (C=O) groups excluding carboxylic acids is 3. The van der Waals surface area contributed by atoms with Crippen molar-refractivity contribution in [3.8, 4) is 5.88 Å². The number of nitrogens with one attached hydrogen (secondary N) is 1. The first kappa shape index (κ1) is 15.6. The van der Waals surface area contributed by atoms with Gasteiger partial charge in [-0.3, -0.25) is 14.4 Å². The van der Waals surface area contributed by atoms with Gasteiger partial charge < -0.3 is 10.1 Å². The summed E-state index contributed by atoms with van der Waals surface area (Å²) in [5, 5.41) is 2.89. The molecule has 2 aromatic rings. The Morgan fingerprint density at radius 2 is 1.88 bits per heavy atom. The van der Waals surface area contributed by atoms with Gasteiger partial charge >= 0.3 is 0 Å². The third kappa shape index (κ3) is 2.69. The third-order valence-electron chi connectivity index (χ3n) is 3.65. The fraction of sp³-hybridized carbons (Fsp3) is 0.111. The van der Waals surface area contributed by atoms with Crippen molar-refractivity contribution in [1.82, 2.24) is 4.98 Å². The van der Waals surface area contributed by atoms with Crippen molar-refractivity contribution < 1.29 is 19.1 Å². The van der Waals surface area contributed by atoms with Gasteiger partial charge in [-0.15, -0.1) is 0 Å². The number of hydrogen-bond donors (Lipinski definition) is 1. The topological polar surface area (TPSA) is 85.4 Å². The molecule has 1 N–H and O–H groups in total. The molecule has 0 atom stereocenters. The van der Waals surface area contributed by atoms with E-state index in [9.17, 15) is 14.4 Å². The van der Waals surface area contributed by atoms with Crippen LogP contribution in [-0.4, -0.2) is 29.4 Å². The first-order valence-electron chi connectivity index (χ1n) is 7.24. The molecule has 0 radical (unpaired) electrons. The predicted molar refractivity (Wildman–Crippen MR) is 87.6 cm³/mol. The fourth-order valence-corrected chi connectivity index (χ4v) is 2.47. The maximum Gasteiger partial charge on any atom is 0.213 e. The summed E-state index contributed by atoms with van der Waals surface area (Å²) in [6.45, 7) is 1.44. The lowest BCUT2D eigenvalue weighted by Crippen LogP contribution is -2.23. The maximum absolute atomic E-state index is 12.6. The lowest BCUT2D eigenvalue weighted by Gasteiger charge is -2.17. The number of hydrogen-bond acceptors (Lipinski definition) is 6. The van der Waals surface area contributed by atoms with Crippen LogP contribution in [0.15, 0.2) is 48.2 Å². The second-order valence-corrected chi connectivity index (χ2v) is 5.23. The van der Waals surface area contributed by atoms with Gasteiger partial charge in [0.05, 0.1) is 18.4 Å². The molecule has 0 fully saturated rings. The minimum atomic E-state index is -0.397. The van der Waals surface area contributed by atoms with Gasteiger partial charge in [0.25, 0.3) is 0 Å². The number of methoxy groups -OCH3 is 1. The summed E-state index contributed by atoms with van der Waals surface area (Å²) in [7, 11) is 1.44. The largest absolute Gasteiger partial charge is 0.481 e. The summed E-state index contributed by atoms with van der Waals surface area (Å²) in [4.78, 5) is 40.6. The van der Waals surface area contributed by atoms with E-state index in [-0.39, 0.29) is 34.4 Å². The van der Waals surface area contributed by atoms with Gasteiger partial charge in [-0.05, 0) is 25.1 Å². The molecule has 0 aliphatic heterocycles. The smallest absolute Gasteiger partial charge is 0.213 e. The van der Waals surface area contributed by atoms with Crippen LogP contribution in [0.25, 0.3) is 0 Å². The van der Waals surface area contributed by atoms with Crippen LogP contribution in [0.1, 0.15) is 38.1 Å². The molecule has 1 aliphatic carbocycles. The molecule has 24 heavy (non-hydrogen) atoms. The molecule has 0 bridgehead atoms. The van der Waals surface area contributed by atoms with Crippen LogP contribution in [0, 0.1) is 0 Å². The molecule has 1 aliphatic rings. The Balaban J connectivity index is 1.99. The van der Waals surface area contributed by atoms with E-state index >= 15 is 0 Å². The van der Waals surface area contributed by atoms with Crippen molar-refractivity contribution >= 4 is 23.0 Å². The Kier molecular flexibility index (Phi) is 3.95. The molecule has 0 saturated carbocycles. The summed E-state index contributed by atoms with van der Waals surface area (Å²) in [5.74, 6) is -0.633. The highest BCUT2D eigenvalue weighted by atomic mass is 16.5. The second-order valence-electron chi connectivity index (χ2n) is 5.23. The zero-order valence-electron chi connectivity index (χ0n) is 13.1. The number of benzene rings is 1. The van der Waals surface area contributed by atoms with Gasteiger partial charge in [0, 0.05) is 23.4 Å². The van der Waals surface area contributed by atoms with Crippen LogP contribution in [0.3, 0.4) is 0 Å². The molecule has 6 heteroatoms. The normalized spacial score (nSPS) is 13.2. The first-order valence-corrected chi connectivity index (χ1v) is 7.24. The van der Waals surface area contributed by atoms with Gasteiger partial charge in [-0.25, -0.2) is 4.98 Å². The lowest BCUT2D eigenvalue weighted by atomic mass is 9.96. The van der Waals surface area contributed by atoms with Gasteiger partial charge in [-0.2, -0.15) is 0 Å². The van der Waals surface area contributed by atoms with Crippen LogP contribution in [0.4, 0.5) is 5.69 Å². The molecule has 0 amide bonds. The summed E-state index contributed by atoms with van der Waals surface area (Å²) in [6, 6.07) is 9.84. The number of pyridine rings is 1. The van der Waals surface area contributed by atoms with Crippen molar-refractivity contribution in [3.05, 3.63) is 65.0 Å². The standard InChI is InChI=1S/C18H14N2O4/c1-10(21)11-5-3-4-6-13(11)19-14-9-15(22)17-12(18(14)23)7-8-16(20-17)24-2/h3-9,19H,1-2H3. The lowest BCUT2D eigenvalue weighted by molar-refractivity contribution is 0.0981. The van der Waals surface area contributed by atoms with Crippen molar-refractivity contribution in [2.24, 2.45) is 0 Å². The predicted octanol–water partition coefficient (Wildman–Crippen LogP) is 2.67. The molecule has 1 aromatic heterocycles. The number of fused-ring (bicyclic) bond motifs is 1. The van der Waals surface area contributed by atoms with Gasteiger partial charge in [0.15, 0.2) is 5.78 Å². The number of ketones is 3. The van der Waals surface area contributed by atoms with Gasteiger partial charge in [0.1, 0.15) is 5.69 Å². The second kappa shape index (κ2) is 6.08. The highest BCUT2D eigenvalue weighted by Gasteiger charge is 2.28. The number of allylic oxidation sites excluding steroid dienone is 2. The van der Waals surface area contributed by atoms with Gasteiger partial charge in [-0.1, -0.05) is 12.1 Å². The number of aromatic nitrogens is 1. The molecule has 6 nitrogen and oxygen atoms in total. The summed E-state index contributed by atoms with van der Waals surface area (Å²) >= 11 is 0. The van der Waals surface area contributed by atoms with Crippen LogP contribution < -0.4 is 10.1 Å². The zero-order valence-corrected chi connectivity index (χ0v) is 13.1. The molecule has 0 spiro atoms. The van der Waals surface area contributed by atoms with Gasteiger partial charge in [0.2, 0.25) is 17.4 Å². The third-order valence-corrected chi connectivity index (χ3v) is 3.65. The molecular formula is C18H14N2O4. The molecule has 0 saturated heterocycles. The van der Waals surface area contributed by atoms with Crippen LogP contribution >= 0.6 is 0 Å². The molecule has 1 heterocycles. The van der Waals surface area contributed by atoms with Crippen LogP contribution in [0.2, 0.25) is 0 Å². The van der Waals surface area contributed by atoms with E-state index < -0.39 is 5.78 Å².